The van der Waals surface area contributed by atoms with Gasteiger partial charge in [-0.05, 0) is 24.3 Å². The first-order valence-corrected chi connectivity index (χ1v) is 7.62. The zero-order valence-electron chi connectivity index (χ0n) is 13.0. The lowest BCUT2D eigenvalue weighted by Crippen LogP contribution is -2.11. The number of carbonyl (C=O) groups is 1. The Morgan fingerprint density at radius 1 is 0.920 bits per heavy atom. The summed E-state index contributed by atoms with van der Waals surface area (Å²) in [6.45, 7) is 0. The molecule has 0 radical (unpaired) electrons. The number of hydrogen-bond acceptors (Lipinski definition) is 5. The van der Waals surface area contributed by atoms with Crippen molar-refractivity contribution in [2.45, 2.75) is 0 Å². The second-order valence-corrected chi connectivity index (χ2v) is 5.34. The molecule has 0 aliphatic carbocycles. The van der Waals surface area contributed by atoms with Crippen LogP contribution in [0.15, 0.2) is 82.2 Å². The second kappa shape index (κ2) is 6.45. The van der Waals surface area contributed by atoms with E-state index in [0.29, 0.717) is 17.2 Å². The summed E-state index contributed by atoms with van der Waals surface area (Å²) in [5.74, 6) is 0.881. The van der Waals surface area contributed by atoms with Crippen molar-refractivity contribution in [3.05, 3.63) is 78.9 Å². The number of nitrogens with zero attached hydrogens (tertiary/aromatic N) is 2. The van der Waals surface area contributed by atoms with Crippen molar-refractivity contribution in [3.8, 4) is 22.6 Å². The standard InChI is InChI=1S/C19H13N3O3/c23-19(16-10-17(25-22-16)13-4-2-1-3-5-13)21-15-8-6-14(7-9-15)18-11-20-12-24-18/h1-12H,(H,21,23). The molecule has 0 unspecified atom stereocenters. The molecule has 4 rings (SSSR count). The first-order valence-electron chi connectivity index (χ1n) is 7.62. The molecule has 4 aromatic rings. The van der Waals surface area contributed by atoms with Crippen LogP contribution in [0.2, 0.25) is 0 Å². The minimum absolute atomic E-state index is 0.221. The molecule has 0 bridgehead atoms. The van der Waals surface area contributed by atoms with E-state index in [1.165, 1.54) is 6.39 Å². The number of benzene rings is 2. The molecule has 25 heavy (non-hydrogen) atoms. The highest BCUT2D eigenvalue weighted by atomic mass is 16.5. The number of anilines is 1. The van der Waals surface area contributed by atoms with E-state index in [4.69, 9.17) is 8.94 Å². The Labute approximate surface area is 143 Å². The zero-order valence-corrected chi connectivity index (χ0v) is 13.0. The maximum absolute atomic E-state index is 12.3. The van der Waals surface area contributed by atoms with Crippen LogP contribution in [0.5, 0.6) is 0 Å². The highest BCUT2D eigenvalue weighted by Gasteiger charge is 2.14. The molecule has 1 amide bonds. The normalized spacial score (nSPS) is 10.6. The molecule has 0 atom stereocenters. The van der Waals surface area contributed by atoms with Crippen LogP contribution >= 0.6 is 0 Å². The Kier molecular flexibility index (Phi) is 3.84. The average molecular weight is 331 g/mol. The maximum Gasteiger partial charge on any atom is 0.277 e. The summed E-state index contributed by atoms with van der Waals surface area (Å²) in [5, 5.41) is 6.62. The summed E-state index contributed by atoms with van der Waals surface area (Å²) in [4.78, 5) is 16.2. The Morgan fingerprint density at radius 3 is 2.40 bits per heavy atom. The van der Waals surface area contributed by atoms with E-state index in [1.807, 2.05) is 42.5 Å². The summed E-state index contributed by atoms with van der Waals surface area (Å²) in [7, 11) is 0. The van der Waals surface area contributed by atoms with Gasteiger partial charge < -0.3 is 14.3 Å². The van der Waals surface area contributed by atoms with Gasteiger partial charge in [0.1, 0.15) is 0 Å². The van der Waals surface area contributed by atoms with Crippen LogP contribution in [0.3, 0.4) is 0 Å². The van der Waals surface area contributed by atoms with Crippen molar-refractivity contribution in [3.63, 3.8) is 0 Å². The van der Waals surface area contributed by atoms with Gasteiger partial charge in [-0.15, -0.1) is 0 Å². The number of oxazole rings is 1. The minimum atomic E-state index is -0.335. The number of carbonyl (C=O) groups excluding carboxylic acids is 1. The third-order valence-electron chi connectivity index (χ3n) is 3.66. The monoisotopic (exact) mass is 331 g/mol. The fraction of sp³-hybridized carbons (Fsp3) is 0. The number of hydrogen-bond donors (Lipinski definition) is 1. The molecule has 0 saturated heterocycles. The van der Waals surface area contributed by atoms with Gasteiger partial charge in [0, 0.05) is 22.9 Å². The van der Waals surface area contributed by atoms with Gasteiger partial charge >= 0.3 is 0 Å². The van der Waals surface area contributed by atoms with Gasteiger partial charge in [0.25, 0.3) is 5.91 Å². The van der Waals surface area contributed by atoms with Gasteiger partial charge in [-0.25, -0.2) is 4.98 Å². The van der Waals surface area contributed by atoms with Gasteiger partial charge in [0.2, 0.25) is 0 Å². The largest absolute Gasteiger partial charge is 0.444 e. The third-order valence-corrected chi connectivity index (χ3v) is 3.66. The summed E-state index contributed by atoms with van der Waals surface area (Å²) < 4.78 is 10.5. The summed E-state index contributed by atoms with van der Waals surface area (Å²) in [6, 6.07) is 18.4. The highest BCUT2D eigenvalue weighted by molar-refractivity contribution is 6.03. The molecular weight excluding hydrogens is 318 g/mol. The topological polar surface area (TPSA) is 81.2 Å². The Bertz CT molecular complexity index is 974. The number of amides is 1. The van der Waals surface area contributed by atoms with Crippen LogP contribution in [0.25, 0.3) is 22.6 Å². The van der Waals surface area contributed by atoms with Crippen molar-refractivity contribution in [2.75, 3.05) is 5.32 Å². The van der Waals surface area contributed by atoms with E-state index in [9.17, 15) is 4.79 Å². The first kappa shape index (κ1) is 14.9. The predicted molar refractivity (Wildman–Crippen MR) is 91.8 cm³/mol. The quantitative estimate of drug-likeness (QED) is 0.604. The molecule has 0 aliphatic rings. The van der Waals surface area contributed by atoms with Crippen molar-refractivity contribution >= 4 is 11.6 Å². The van der Waals surface area contributed by atoms with E-state index < -0.39 is 0 Å². The van der Waals surface area contributed by atoms with Crippen LogP contribution in [-0.2, 0) is 0 Å². The smallest absolute Gasteiger partial charge is 0.277 e. The van der Waals surface area contributed by atoms with Crippen molar-refractivity contribution < 1.29 is 13.7 Å². The van der Waals surface area contributed by atoms with Crippen LogP contribution in [-0.4, -0.2) is 16.0 Å². The molecule has 2 aromatic heterocycles. The molecule has 0 fully saturated rings. The molecule has 0 saturated carbocycles. The Morgan fingerprint density at radius 2 is 1.68 bits per heavy atom. The molecule has 2 heterocycles. The molecule has 1 N–H and O–H groups in total. The lowest BCUT2D eigenvalue weighted by Gasteiger charge is -2.03. The summed E-state index contributed by atoms with van der Waals surface area (Å²) >= 11 is 0. The second-order valence-electron chi connectivity index (χ2n) is 5.34. The SMILES string of the molecule is O=C(Nc1ccc(-c2cnco2)cc1)c1cc(-c2ccccc2)on1. The molecule has 0 spiro atoms. The zero-order chi connectivity index (χ0) is 17.1. The molecule has 122 valence electrons. The minimum Gasteiger partial charge on any atom is -0.444 e. The lowest BCUT2D eigenvalue weighted by molar-refractivity contribution is 0.101. The van der Waals surface area contributed by atoms with Gasteiger partial charge in [0.05, 0.1) is 6.20 Å². The highest BCUT2D eigenvalue weighted by Crippen LogP contribution is 2.22. The lowest BCUT2D eigenvalue weighted by atomic mass is 10.1. The fourth-order valence-electron chi connectivity index (χ4n) is 2.39. The number of nitrogens with one attached hydrogen (secondary N) is 1. The van der Waals surface area contributed by atoms with Crippen molar-refractivity contribution in [2.24, 2.45) is 0 Å². The van der Waals surface area contributed by atoms with Crippen LogP contribution < -0.4 is 5.32 Å². The van der Waals surface area contributed by atoms with E-state index in [-0.39, 0.29) is 11.6 Å². The molecule has 0 aliphatic heterocycles. The van der Waals surface area contributed by atoms with Crippen LogP contribution in [0.4, 0.5) is 5.69 Å². The van der Waals surface area contributed by atoms with Gasteiger partial charge in [-0.1, -0.05) is 35.5 Å². The van der Waals surface area contributed by atoms with E-state index in [2.05, 4.69) is 15.5 Å². The summed E-state index contributed by atoms with van der Waals surface area (Å²) in [5.41, 5.74) is 2.62. The van der Waals surface area contributed by atoms with E-state index in [1.54, 1.807) is 24.4 Å². The van der Waals surface area contributed by atoms with Crippen molar-refractivity contribution in [1.29, 1.82) is 0 Å². The first-order chi connectivity index (χ1) is 12.3. The van der Waals surface area contributed by atoms with Crippen LogP contribution in [0, 0.1) is 0 Å². The molecule has 2 aromatic carbocycles. The van der Waals surface area contributed by atoms with Gasteiger partial charge in [-0.2, -0.15) is 0 Å². The fourth-order valence-corrected chi connectivity index (χ4v) is 2.39. The van der Waals surface area contributed by atoms with Gasteiger partial charge in [0.15, 0.2) is 23.6 Å². The Hall–Kier alpha value is -3.67. The molecular formula is C19H13N3O3. The number of rotatable bonds is 4. The van der Waals surface area contributed by atoms with Gasteiger partial charge in [-0.3, -0.25) is 4.79 Å². The molecule has 6 nitrogen and oxygen atoms in total. The summed E-state index contributed by atoms with van der Waals surface area (Å²) in [6.07, 6.45) is 3.01. The average Bonchev–Trinajstić information content (AvgIpc) is 3.35. The maximum atomic E-state index is 12.3. The van der Waals surface area contributed by atoms with Crippen molar-refractivity contribution in [1.82, 2.24) is 10.1 Å². The van der Waals surface area contributed by atoms with Crippen LogP contribution in [0.1, 0.15) is 10.5 Å². The van der Waals surface area contributed by atoms with E-state index >= 15 is 0 Å². The molecule has 6 heteroatoms. The number of aromatic nitrogens is 2. The predicted octanol–water partition coefficient (Wildman–Crippen LogP) is 4.25. The Balaban J connectivity index is 1.48. The third kappa shape index (κ3) is 3.18. The van der Waals surface area contributed by atoms with E-state index in [0.717, 1.165) is 11.1 Å².